The molecule has 0 unspecified atom stereocenters. The number of alkyl halides is 3. The Balaban J connectivity index is 2.23. The molecule has 0 radical (unpaired) electrons. The number of nitrogens with two attached hydrogens (primary N) is 1. The summed E-state index contributed by atoms with van der Waals surface area (Å²) in [5.41, 5.74) is 6.44. The molecule has 0 aliphatic heterocycles. The molecule has 0 saturated carbocycles. The van der Waals surface area contributed by atoms with Crippen molar-refractivity contribution in [3.63, 3.8) is 0 Å². The monoisotopic (exact) mass is 285 g/mol. The Bertz CT molecular complexity index is 582. The maximum absolute atomic E-state index is 12.4. The number of aromatic nitrogens is 2. The first-order chi connectivity index (χ1) is 8.88. The second-order valence-electron chi connectivity index (χ2n) is 3.83. The van der Waals surface area contributed by atoms with Crippen LogP contribution in [0.2, 0.25) is 0 Å². The van der Waals surface area contributed by atoms with Crippen molar-refractivity contribution in [2.24, 2.45) is 0 Å². The zero-order valence-corrected chi connectivity index (χ0v) is 10.7. The van der Waals surface area contributed by atoms with E-state index in [2.05, 4.69) is 9.97 Å². The van der Waals surface area contributed by atoms with E-state index in [1.165, 1.54) is 6.07 Å². The molecule has 0 saturated heterocycles. The van der Waals surface area contributed by atoms with Crippen LogP contribution in [0.5, 0.6) is 0 Å². The van der Waals surface area contributed by atoms with E-state index in [1.54, 1.807) is 12.3 Å². The predicted octanol–water partition coefficient (Wildman–Crippen LogP) is 3.54. The summed E-state index contributed by atoms with van der Waals surface area (Å²) in [5.74, 6) is 0. The second-order valence-corrected chi connectivity index (χ2v) is 4.84. The number of anilines is 1. The molecule has 0 aromatic carbocycles. The van der Waals surface area contributed by atoms with Crippen LogP contribution in [0.15, 0.2) is 40.6 Å². The Morgan fingerprint density at radius 1 is 1.16 bits per heavy atom. The van der Waals surface area contributed by atoms with Crippen LogP contribution in [-0.2, 0) is 6.18 Å². The van der Waals surface area contributed by atoms with Gasteiger partial charge in [0.25, 0.3) is 0 Å². The van der Waals surface area contributed by atoms with Gasteiger partial charge in [-0.15, -0.1) is 0 Å². The summed E-state index contributed by atoms with van der Waals surface area (Å²) in [5, 5.41) is 0.949. The van der Waals surface area contributed by atoms with Gasteiger partial charge in [0.1, 0.15) is 10.1 Å². The van der Waals surface area contributed by atoms with Crippen LogP contribution < -0.4 is 5.73 Å². The third-order valence-electron chi connectivity index (χ3n) is 2.44. The van der Waals surface area contributed by atoms with Crippen molar-refractivity contribution in [2.45, 2.75) is 23.2 Å². The minimum atomic E-state index is -4.38. The lowest BCUT2D eigenvalue weighted by molar-refractivity contribution is -0.137. The van der Waals surface area contributed by atoms with Crippen LogP contribution in [0.4, 0.5) is 18.9 Å². The maximum Gasteiger partial charge on any atom is 0.417 e. The topological polar surface area (TPSA) is 51.8 Å². The van der Waals surface area contributed by atoms with Crippen molar-refractivity contribution in [1.29, 1.82) is 0 Å². The number of hydrogen-bond donors (Lipinski definition) is 1. The van der Waals surface area contributed by atoms with Crippen molar-refractivity contribution in [3.8, 4) is 0 Å². The highest BCUT2D eigenvalue weighted by atomic mass is 32.2. The third kappa shape index (κ3) is 3.17. The fourth-order valence-electron chi connectivity index (χ4n) is 1.33. The molecule has 0 aliphatic rings. The minimum Gasteiger partial charge on any atom is -0.396 e. The third-order valence-corrected chi connectivity index (χ3v) is 3.41. The SMILES string of the molecule is Cc1ccnc(Sc2ccc(C(F)(F)F)cn2)c1N. The first-order valence-corrected chi connectivity index (χ1v) is 6.12. The molecule has 2 N–H and O–H groups in total. The molecule has 7 heteroatoms. The van der Waals surface area contributed by atoms with E-state index in [4.69, 9.17) is 5.73 Å². The smallest absolute Gasteiger partial charge is 0.396 e. The highest BCUT2D eigenvalue weighted by Gasteiger charge is 2.30. The van der Waals surface area contributed by atoms with Gasteiger partial charge in [0.15, 0.2) is 0 Å². The van der Waals surface area contributed by atoms with Gasteiger partial charge in [-0.05, 0) is 42.4 Å². The quantitative estimate of drug-likeness (QED) is 0.917. The van der Waals surface area contributed by atoms with Gasteiger partial charge in [0.2, 0.25) is 0 Å². The van der Waals surface area contributed by atoms with Gasteiger partial charge in [-0.3, -0.25) is 0 Å². The summed E-state index contributed by atoms with van der Waals surface area (Å²) in [6.07, 6.45) is -1.98. The van der Waals surface area contributed by atoms with E-state index in [-0.39, 0.29) is 0 Å². The molecule has 2 aromatic rings. The average molecular weight is 285 g/mol. The van der Waals surface area contributed by atoms with Crippen molar-refractivity contribution in [1.82, 2.24) is 9.97 Å². The highest BCUT2D eigenvalue weighted by Crippen LogP contribution is 2.33. The van der Waals surface area contributed by atoms with Crippen LogP contribution in [-0.4, -0.2) is 9.97 Å². The van der Waals surface area contributed by atoms with E-state index in [9.17, 15) is 13.2 Å². The minimum absolute atomic E-state index is 0.415. The van der Waals surface area contributed by atoms with Gasteiger partial charge >= 0.3 is 6.18 Å². The summed E-state index contributed by atoms with van der Waals surface area (Å²) in [7, 11) is 0. The summed E-state index contributed by atoms with van der Waals surface area (Å²) < 4.78 is 37.2. The summed E-state index contributed by atoms with van der Waals surface area (Å²) in [6, 6.07) is 4.05. The van der Waals surface area contributed by atoms with Crippen LogP contribution in [0.1, 0.15) is 11.1 Å². The first-order valence-electron chi connectivity index (χ1n) is 5.30. The number of pyridine rings is 2. The van der Waals surface area contributed by atoms with Crippen LogP contribution >= 0.6 is 11.8 Å². The average Bonchev–Trinajstić information content (AvgIpc) is 2.35. The molecule has 0 amide bonds. The molecule has 2 rings (SSSR count). The van der Waals surface area contributed by atoms with E-state index >= 15 is 0 Å². The molecule has 100 valence electrons. The number of aryl methyl sites for hydroxylation is 1. The number of rotatable bonds is 2. The number of nitrogens with zero attached hydrogens (tertiary/aromatic N) is 2. The fraction of sp³-hybridized carbons (Fsp3) is 0.167. The maximum atomic E-state index is 12.4. The van der Waals surface area contributed by atoms with E-state index in [0.717, 1.165) is 29.6 Å². The molecule has 0 atom stereocenters. The Morgan fingerprint density at radius 3 is 2.47 bits per heavy atom. The zero-order valence-electron chi connectivity index (χ0n) is 9.90. The Labute approximate surface area is 112 Å². The molecule has 0 fully saturated rings. The number of nitrogen functional groups attached to an aromatic ring is 1. The van der Waals surface area contributed by atoms with Crippen molar-refractivity contribution in [3.05, 3.63) is 41.7 Å². The van der Waals surface area contributed by atoms with Crippen LogP contribution in [0.25, 0.3) is 0 Å². The van der Waals surface area contributed by atoms with Gasteiger partial charge in [0.05, 0.1) is 11.3 Å². The van der Waals surface area contributed by atoms with Crippen molar-refractivity contribution >= 4 is 17.4 Å². The standard InChI is InChI=1S/C12H10F3N3S/c1-7-4-5-17-11(10(7)16)19-9-3-2-8(6-18-9)12(13,14)15/h2-6H,16H2,1H3. The Morgan fingerprint density at radius 2 is 1.89 bits per heavy atom. The van der Waals surface area contributed by atoms with Gasteiger partial charge in [-0.2, -0.15) is 13.2 Å². The summed E-state index contributed by atoms with van der Waals surface area (Å²) in [4.78, 5) is 7.84. The van der Waals surface area contributed by atoms with Crippen molar-refractivity contribution < 1.29 is 13.2 Å². The highest BCUT2D eigenvalue weighted by molar-refractivity contribution is 7.99. The molecule has 0 spiro atoms. The van der Waals surface area contributed by atoms with Crippen LogP contribution in [0, 0.1) is 6.92 Å². The molecule has 0 aliphatic carbocycles. The fourth-order valence-corrected chi connectivity index (χ4v) is 2.16. The van der Waals surface area contributed by atoms with Gasteiger partial charge in [-0.1, -0.05) is 0 Å². The molecule has 3 nitrogen and oxygen atoms in total. The Kier molecular flexibility index (Phi) is 3.66. The van der Waals surface area contributed by atoms with Crippen LogP contribution in [0.3, 0.4) is 0 Å². The zero-order chi connectivity index (χ0) is 14.0. The lowest BCUT2D eigenvalue weighted by atomic mass is 10.3. The van der Waals surface area contributed by atoms with E-state index in [1.807, 2.05) is 6.92 Å². The largest absolute Gasteiger partial charge is 0.417 e. The summed E-state index contributed by atoms with van der Waals surface area (Å²) >= 11 is 1.13. The molecular formula is C12H10F3N3S. The summed E-state index contributed by atoms with van der Waals surface area (Å²) in [6.45, 7) is 1.83. The van der Waals surface area contributed by atoms with Crippen molar-refractivity contribution in [2.75, 3.05) is 5.73 Å². The van der Waals surface area contributed by atoms with Gasteiger partial charge in [0, 0.05) is 12.4 Å². The first kappa shape index (κ1) is 13.7. The van der Waals surface area contributed by atoms with E-state index < -0.39 is 11.7 Å². The molecule has 0 bridgehead atoms. The lowest BCUT2D eigenvalue weighted by Gasteiger charge is -2.08. The molecular weight excluding hydrogens is 275 g/mol. The van der Waals surface area contributed by atoms with E-state index in [0.29, 0.717) is 15.7 Å². The number of halogens is 3. The van der Waals surface area contributed by atoms with Gasteiger partial charge < -0.3 is 5.73 Å². The van der Waals surface area contributed by atoms with Gasteiger partial charge in [-0.25, -0.2) is 9.97 Å². The molecule has 2 aromatic heterocycles. The Hall–Kier alpha value is -1.76. The normalized spacial score (nSPS) is 11.6. The second kappa shape index (κ2) is 5.08. The molecule has 19 heavy (non-hydrogen) atoms. The number of hydrogen-bond acceptors (Lipinski definition) is 4. The lowest BCUT2D eigenvalue weighted by Crippen LogP contribution is -2.05. The predicted molar refractivity (Wildman–Crippen MR) is 66.7 cm³/mol. The molecule has 2 heterocycles.